The van der Waals surface area contributed by atoms with Gasteiger partial charge in [0.05, 0.1) is 5.39 Å². The zero-order valence-electron chi connectivity index (χ0n) is 15.5. The summed E-state index contributed by atoms with van der Waals surface area (Å²) >= 11 is 1.89. The number of thiophene rings is 1. The van der Waals surface area contributed by atoms with E-state index < -0.39 is 0 Å². The normalized spacial score (nSPS) is 22.2. The molecule has 0 bridgehead atoms. The van der Waals surface area contributed by atoms with Crippen molar-refractivity contribution in [3.05, 3.63) is 28.4 Å². The van der Waals surface area contributed by atoms with Crippen molar-refractivity contribution in [2.45, 2.75) is 63.8 Å². The lowest BCUT2D eigenvalue weighted by Crippen LogP contribution is -2.36. The van der Waals surface area contributed by atoms with Crippen LogP contribution < -0.4 is 4.90 Å². The second-order valence-corrected chi connectivity index (χ2v) is 9.19. The number of hydrogen-bond donors (Lipinski definition) is 0. The zero-order valence-corrected chi connectivity index (χ0v) is 16.3. The van der Waals surface area contributed by atoms with Crippen molar-refractivity contribution in [1.82, 2.24) is 24.7 Å². The van der Waals surface area contributed by atoms with Gasteiger partial charge in [-0.05, 0) is 50.5 Å². The SMILES string of the molecule is c1nc(N2CCCC(c3nnc4n3CCC4)C2)c2c3c(sc2n1)CCCC3. The summed E-state index contributed by atoms with van der Waals surface area (Å²) in [6, 6.07) is 0. The molecular formula is C20H24N6S. The van der Waals surface area contributed by atoms with Crippen LogP contribution in [0, 0.1) is 0 Å². The number of piperidine rings is 1. The molecule has 1 atom stereocenters. The van der Waals surface area contributed by atoms with Crippen LogP contribution in [0.5, 0.6) is 0 Å². The molecule has 0 spiro atoms. The smallest absolute Gasteiger partial charge is 0.141 e. The molecule has 0 saturated carbocycles. The first-order valence-electron chi connectivity index (χ1n) is 10.3. The highest BCUT2D eigenvalue weighted by atomic mass is 32.1. The van der Waals surface area contributed by atoms with Gasteiger partial charge < -0.3 is 9.47 Å². The summed E-state index contributed by atoms with van der Waals surface area (Å²) in [7, 11) is 0. The van der Waals surface area contributed by atoms with E-state index >= 15 is 0 Å². The van der Waals surface area contributed by atoms with Gasteiger partial charge in [0, 0.05) is 36.9 Å². The minimum atomic E-state index is 0.456. The molecule has 5 heterocycles. The summed E-state index contributed by atoms with van der Waals surface area (Å²) in [4.78, 5) is 14.6. The summed E-state index contributed by atoms with van der Waals surface area (Å²) < 4.78 is 2.37. The Labute approximate surface area is 162 Å². The first-order chi connectivity index (χ1) is 13.4. The van der Waals surface area contributed by atoms with E-state index in [1.165, 1.54) is 72.4 Å². The third kappa shape index (κ3) is 2.51. The van der Waals surface area contributed by atoms with Crippen LogP contribution in [0.15, 0.2) is 6.33 Å². The number of rotatable bonds is 2. The zero-order chi connectivity index (χ0) is 17.8. The summed E-state index contributed by atoms with van der Waals surface area (Å²) in [5, 5.41) is 10.3. The van der Waals surface area contributed by atoms with Gasteiger partial charge >= 0.3 is 0 Å². The second kappa shape index (κ2) is 6.26. The Morgan fingerprint density at radius 2 is 1.93 bits per heavy atom. The van der Waals surface area contributed by atoms with E-state index in [9.17, 15) is 0 Å². The van der Waals surface area contributed by atoms with Crippen molar-refractivity contribution in [1.29, 1.82) is 0 Å². The molecule has 0 radical (unpaired) electrons. The van der Waals surface area contributed by atoms with Gasteiger partial charge in [-0.2, -0.15) is 0 Å². The molecule has 1 aliphatic carbocycles. The van der Waals surface area contributed by atoms with Crippen molar-refractivity contribution in [3.8, 4) is 0 Å². The van der Waals surface area contributed by atoms with Crippen LogP contribution in [-0.4, -0.2) is 37.8 Å². The summed E-state index contributed by atoms with van der Waals surface area (Å²) in [6.07, 6.45) is 11.4. The molecule has 1 saturated heterocycles. The van der Waals surface area contributed by atoms with Gasteiger partial charge in [0.25, 0.3) is 0 Å². The fourth-order valence-electron chi connectivity index (χ4n) is 5.17. The molecule has 140 valence electrons. The summed E-state index contributed by atoms with van der Waals surface area (Å²) in [6.45, 7) is 3.16. The van der Waals surface area contributed by atoms with Gasteiger partial charge in [-0.15, -0.1) is 21.5 Å². The standard InChI is InChI=1S/C20H24N6S/c1-2-7-15-14(6-1)17-19(21-12-22-20(17)27-15)25-9-3-5-13(11-25)18-24-23-16-8-4-10-26(16)18/h12-13H,1-11H2. The quantitative estimate of drug-likeness (QED) is 0.681. The topological polar surface area (TPSA) is 59.7 Å². The van der Waals surface area contributed by atoms with Crippen molar-refractivity contribution in [2.75, 3.05) is 18.0 Å². The average molecular weight is 381 g/mol. The molecule has 2 aliphatic heterocycles. The van der Waals surface area contributed by atoms with E-state index in [1.807, 2.05) is 11.3 Å². The number of nitrogens with zero attached hydrogens (tertiary/aromatic N) is 6. The fraction of sp³-hybridized carbons (Fsp3) is 0.600. The van der Waals surface area contributed by atoms with Gasteiger partial charge in [0.2, 0.25) is 0 Å². The highest BCUT2D eigenvalue weighted by molar-refractivity contribution is 7.19. The fourth-order valence-corrected chi connectivity index (χ4v) is 6.39. The Morgan fingerprint density at radius 1 is 0.963 bits per heavy atom. The molecule has 3 aromatic rings. The third-order valence-electron chi connectivity index (χ3n) is 6.46. The molecule has 0 amide bonds. The molecular weight excluding hydrogens is 356 g/mol. The number of aryl methyl sites for hydroxylation is 3. The van der Waals surface area contributed by atoms with Gasteiger partial charge in [0.1, 0.15) is 28.6 Å². The molecule has 1 unspecified atom stereocenters. The van der Waals surface area contributed by atoms with Crippen LogP contribution in [0.1, 0.15) is 60.1 Å². The van der Waals surface area contributed by atoms with Crippen molar-refractivity contribution >= 4 is 27.4 Å². The van der Waals surface area contributed by atoms with Crippen LogP contribution in [-0.2, 0) is 25.8 Å². The molecule has 3 aliphatic rings. The van der Waals surface area contributed by atoms with Crippen LogP contribution in [0.2, 0.25) is 0 Å². The van der Waals surface area contributed by atoms with Crippen LogP contribution in [0.4, 0.5) is 5.82 Å². The highest BCUT2D eigenvalue weighted by Crippen LogP contribution is 2.40. The molecule has 0 N–H and O–H groups in total. The summed E-state index contributed by atoms with van der Waals surface area (Å²) in [5.41, 5.74) is 1.53. The lowest BCUT2D eigenvalue weighted by Gasteiger charge is -2.33. The third-order valence-corrected chi connectivity index (χ3v) is 7.66. The van der Waals surface area contributed by atoms with Crippen LogP contribution in [0.3, 0.4) is 0 Å². The number of fused-ring (bicyclic) bond motifs is 4. The van der Waals surface area contributed by atoms with Gasteiger partial charge in [-0.3, -0.25) is 0 Å². The molecule has 27 heavy (non-hydrogen) atoms. The number of aromatic nitrogens is 5. The predicted molar refractivity (Wildman–Crippen MR) is 107 cm³/mol. The largest absolute Gasteiger partial charge is 0.355 e. The maximum absolute atomic E-state index is 4.78. The highest BCUT2D eigenvalue weighted by Gasteiger charge is 2.30. The molecule has 0 aromatic carbocycles. The Kier molecular flexibility index (Phi) is 3.70. The summed E-state index contributed by atoms with van der Waals surface area (Å²) in [5.74, 6) is 3.99. The minimum Gasteiger partial charge on any atom is -0.355 e. The molecule has 3 aromatic heterocycles. The maximum atomic E-state index is 4.78. The monoisotopic (exact) mass is 380 g/mol. The Morgan fingerprint density at radius 3 is 2.93 bits per heavy atom. The van der Waals surface area contributed by atoms with Crippen LogP contribution >= 0.6 is 11.3 Å². The van der Waals surface area contributed by atoms with E-state index in [-0.39, 0.29) is 0 Å². The lowest BCUT2D eigenvalue weighted by atomic mass is 9.95. The van der Waals surface area contributed by atoms with E-state index in [4.69, 9.17) is 4.98 Å². The molecule has 7 heteroatoms. The van der Waals surface area contributed by atoms with E-state index in [0.29, 0.717) is 5.92 Å². The van der Waals surface area contributed by atoms with Gasteiger partial charge in [-0.25, -0.2) is 9.97 Å². The average Bonchev–Trinajstić information content (AvgIpc) is 3.41. The number of anilines is 1. The lowest BCUT2D eigenvalue weighted by molar-refractivity contribution is 0.471. The molecule has 6 nitrogen and oxygen atoms in total. The first kappa shape index (κ1) is 16.0. The van der Waals surface area contributed by atoms with E-state index in [1.54, 1.807) is 11.2 Å². The molecule has 6 rings (SSSR count). The second-order valence-electron chi connectivity index (χ2n) is 8.10. The van der Waals surface area contributed by atoms with Crippen molar-refractivity contribution in [3.63, 3.8) is 0 Å². The van der Waals surface area contributed by atoms with E-state index in [0.717, 1.165) is 31.9 Å². The van der Waals surface area contributed by atoms with E-state index in [2.05, 4.69) is 24.6 Å². The maximum Gasteiger partial charge on any atom is 0.141 e. The number of hydrogen-bond acceptors (Lipinski definition) is 6. The first-order valence-corrected chi connectivity index (χ1v) is 11.1. The Balaban J connectivity index is 1.38. The predicted octanol–water partition coefficient (Wildman–Crippen LogP) is 3.49. The van der Waals surface area contributed by atoms with Gasteiger partial charge in [-0.1, -0.05) is 0 Å². The van der Waals surface area contributed by atoms with Gasteiger partial charge in [0.15, 0.2) is 0 Å². The Hall–Kier alpha value is -2.02. The van der Waals surface area contributed by atoms with Crippen molar-refractivity contribution in [2.24, 2.45) is 0 Å². The molecule has 1 fully saturated rings. The Bertz CT molecular complexity index is 1010. The van der Waals surface area contributed by atoms with Crippen LogP contribution in [0.25, 0.3) is 10.2 Å². The minimum absolute atomic E-state index is 0.456. The van der Waals surface area contributed by atoms with Crippen molar-refractivity contribution < 1.29 is 0 Å².